The Bertz CT molecular complexity index is 463. The highest BCUT2D eigenvalue weighted by atomic mass is 16.3. The van der Waals surface area contributed by atoms with Gasteiger partial charge in [0, 0.05) is 0 Å². The van der Waals surface area contributed by atoms with Gasteiger partial charge < -0.3 is 5.11 Å². The first kappa shape index (κ1) is 11.0. The highest BCUT2D eigenvalue weighted by Crippen LogP contribution is 2.65. The Hall–Kier alpha value is -0.820. The van der Waals surface area contributed by atoms with E-state index in [0.717, 1.165) is 24.2 Å². The van der Waals surface area contributed by atoms with Crippen molar-refractivity contribution >= 4 is 0 Å². The van der Waals surface area contributed by atoms with Crippen molar-refractivity contribution < 1.29 is 5.11 Å². The Balaban J connectivity index is 1.71. The number of benzene rings is 1. The smallest absolute Gasteiger partial charge is 0.0930 e. The monoisotopic (exact) mass is 242 g/mol. The molecule has 0 aliphatic heterocycles. The van der Waals surface area contributed by atoms with Crippen LogP contribution in [0.4, 0.5) is 0 Å². The Kier molecular flexibility index (Phi) is 2.21. The van der Waals surface area contributed by atoms with Crippen molar-refractivity contribution in [2.75, 3.05) is 0 Å². The third kappa shape index (κ3) is 1.31. The van der Waals surface area contributed by atoms with Crippen LogP contribution in [-0.2, 0) is 5.60 Å². The van der Waals surface area contributed by atoms with Crippen molar-refractivity contribution in [3.63, 3.8) is 0 Å². The first-order valence-corrected chi connectivity index (χ1v) is 7.48. The van der Waals surface area contributed by atoms with Crippen molar-refractivity contribution in [1.82, 2.24) is 0 Å². The number of rotatable bonds is 1. The van der Waals surface area contributed by atoms with E-state index in [1.165, 1.54) is 36.8 Å². The molecule has 0 aromatic heterocycles. The van der Waals surface area contributed by atoms with E-state index in [0.29, 0.717) is 5.92 Å². The fraction of sp³-hybridized carbons (Fsp3) is 0.647. The standard InChI is InChI=1S/C17H22O/c1-11-5-7-13(8-6-11)17(18)10-12-9-16(17)15-4-2-3-14(12)15/h5-8,12,14-16,18H,2-4,9-10H2,1H3. The molecule has 0 heterocycles. The van der Waals surface area contributed by atoms with E-state index in [2.05, 4.69) is 31.2 Å². The molecule has 5 unspecified atom stereocenters. The molecule has 96 valence electrons. The zero-order valence-corrected chi connectivity index (χ0v) is 11.1. The van der Waals surface area contributed by atoms with Crippen LogP contribution in [0.2, 0.25) is 0 Å². The topological polar surface area (TPSA) is 20.2 Å². The Morgan fingerprint density at radius 1 is 1.11 bits per heavy atom. The van der Waals surface area contributed by atoms with Crippen LogP contribution < -0.4 is 0 Å². The minimum Gasteiger partial charge on any atom is -0.385 e. The van der Waals surface area contributed by atoms with Gasteiger partial charge in [-0.2, -0.15) is 0 Å². The molecule has 18 heavy (non-hydrogen) atoms. The first-order valence-electron chi connectivity index (χ1n) is 7.48. The minimum atomic E-state index is -0.510. The number of hydrogen-bond donors (Lipinski definition) is 1. The third-order valence-corrected chi connectivity index (χ3v) is 6.04. The van der Waals surface area contributed by atoms with E-state index in [9.17, 15) is 5.11 Å². The van der Waals surface area contributed by atoms with E-state index in [4.69, 9.17) is 0 Å². The lowest BCUT2D eigenvalue weighted by atomic mass is 9.70. The fourth-order valence-corrected chi connectivity index (χ4v) is 5.29. The summed E-state index contributed by atoms with van der Waals surface area (Å²) in [5, 5.41) is 11.2. The van der Waals surface area contributed by atoms with Crippen molar-refractivity contribution in [2.45, 2.75) is 44.6 Å². The average Bonchev–Trinajstić information content (AvgIpc) is 3.00. The van der Waals surface area contributed by atoms with Crippen molar-refractivity contribution in [3.8, 4) is 0 Å². The molecular formula is C17H22O. The van der Waals surface area contributed by atoms with Gasteiger partial charge in [0.15, 0.2) is 0 Å². The second-order valence-electron chi connectivity index (χ2n) is 6.86. The summed E-state index contributed by atoms with van der Waals surface area (Å²) in [7, 11) is 0. The molecule has 2 bridgehead atoms. The van der Waals surface area contributed by atoms with Gasteiger partial charge in [0.25, 0.3) is 0 Å². The zero-order chi connectivity index (χ0) is 12.3. The van der Waals surface area contributed by atoms with Crippen molar-refractivity contribution in [2.24, 2.45) is 23.7 Å². The zero-order valence-electron chi connectivity index (χ0n) is 11.1. The maximum absolute atomic E-state index is 11.2. The molecule has 1 N–H and O–H groups in total. The molecule has 0 saturated heterocycles. The predicted octanol–water partition coefficient (Wildman–Crippen LogP) is 3.64. The Morgan fingerprint density at radius 3 is 2.61 bits per heavy atom. The van der Waals surface area contributed by atoms with Gasteiger partial charge in [0.2, 0.25) is 0 Å². The van der Waals surface area contributed by atoms with Crippen LogP contribution in [0.1, 0.15) is 43.2 Å². The summed E-state index contributed by atoms with van der Waals surface area (Å²) >= 11 is 0. The molecule has 0 spiro atoms. The summed E-state index contributed by atoms with van der Waals surface area (Å²) in [6, 6.07) is 8.59. The number of aliphatic hydroxyl groups is 1. The molecule has 1 heteroatoms. The number of fused-ring (bicyclic) bond motifs is 5. The molecule has 3 saturated carbocycles. The molecule has 0 amide bonds. The summed E-state index contributed by atoms with van der Waals surface area (Å²) in [5.41, 5.74) is 1.94. The molecule has 0 radical (unpaired) electrons. The number of hydrogen-bond acceptors (Lipinski definition) is 1. The fourth-order valence-electron chi connectivity index (χ4n) is 5.29. The van der Waals surface area contributed by atoms with Crippen LogP contribution in [0, 0.1) is 30.6 Å². The molecule has 4 rings (SSSR count). The Labute approximate surface area is 109 Å². The van der Waals surface area contributed by atoms with Crippen LogP contribution in [0.15, 0.2) is 24.3 Å². The van der Waals surface area contributed by atoms with E-state index in [1.54, 1.807) is 0 Å². The average molecular weight is 242 g/mol. The minimum absolute atomic E-state index is 0.510. The molecule has 3 aliphatic carbocycles. The predicted molar refractivity (Wildman–Crippen MR) is 72.1 cm³/mol. The second-order valence-corrected chi connectivity index (χ2v) is 6.86. The largest absolute Gasteiger partial charge is 0.385 e. The van der Waals surface area contributed by atoms with E-state index < -0.39 is 5.60 Å². The van der Waals surface area contributed by atoms with Crippen LogP contribution in [0.5, 0.6) is 0 Å². The van der Waals surface area contributed by atoms with E-state index in [-0.39, 0.29) is 0 Å². The van der Waals surface area contributed by atoms with E-state index in [1.807, 2.05) is 0 Å². The van der Waals surface area contributed by atoms with Gasteiger partial charge in [-0.05, 0) is 61.8 Å². The van der Waals surface area contributed by atoms with Crippen LogP contribution in [-0.4, -0.2) is 5.11 Å². The molecule has 3 aliphatic rings. The van der Waals surface area contributed by atoms with Gasteiger partial charge >= 0.3 is 0 Å². The second kappa shape index (κ2) is 3.60. The van der Waals surface area contributed by atoms with Crippen LogP contribution in [0.25, 0.3) is 0 Å². The SMILES string of the molecule is Cc1ccc(C2(O)CC3CC2C2CCCC32)cc1. The molecule has 1 aromatic carbocycles. The van der Waals surface area contributed by atoms with Gasteiger partial charge in [0.1, 0.15) is 0 Å². The third-order valence-electron chi connectivity index (χ3n) is 6.04. The maximum atomic E-state index is 11.2. The normalized spacial score (nSPS) is 45.4. The van der Waals surface area contributed by atoms with Crippen molar-refractivity contribution in [1.29, 1.82) is 0 Å². The van der Waals surface area contributed by atoms with Gasteiger partial charge in [-0.1, -0.05) is 36.2 Å². The highest BCUT2D eigenvalue weighted by molar-refractivity contribution is 5.30. The quantitative estimate of drug-likeness (QED) is 0.797. The lowest BCUT2D eigenvalue weighted by Gasteiger charge is -2.39. The summed E-state index contributed by atoms with van der Waals surface area (Å²) in [6.45, 7) is 2.11. The van der Waals surface area contributed by atoms with Gasteiger partial charge in [-0.25, -0.2) is 0 Å². The summed E-state index contributed by atoms with van der Waals surface area (Å²) in [4.78, 5) is 0. The van der Waals surface area contributed by atoms with E-state index >= 15 is 0 Å². The van der Waals surface area contributed by atoms with Crippen molar-refractivity contribution in [3.05, 3.63) is 35.4 Å². The lowest BCUT2D eigenvalue weighted by molar-refractivity contribution is -0.0512. The highest BCUT2D eigenvalue weighted by Gasteiger charge is 2.60. The molecule has 5 atom stereocenters. The summed E-state index contributed by atoms with van der Waals surface area (Å²) in [5.74, 6) is 3.10. The molecule has 1 aromatic rings. The Morgan fingerprint density at radius 2 is 1.83 bits per heavy atom. The molecule has 1 nitrogen and oxygen atoms in total. The molecular weight excluding hydrogens is 220 g/mol. The lowest BCUT2D eigenvalue weighted by Crippen LogP contribution is -2.38. The first-order chi connectivity index (χ1) is 8.68. The maximum Gasteiger partial charge on any atom is 0.0930 e. The summed E-state index contributed by atoms with van der Waals surface area (Å²) < 4.78 is 0. The molecule has 3 fully saturated rings. The number of aryl methyl sites for hydroxylation is 1. The van der Waals surface area contributed by atoms with Gasteiger partial charge in [-0.15, -0.1) is 0 Å². The van der Waals surface area contributed by atoms with Gasteiger partial charge in [-0.3, -0.25) is 0 Å². The summed E-state index contributed by atoms with van der Waals surface area (Å²) in [6.07, 6.45) is 6.48. The van der Waals surface area contributed by atoms with Crippen LogP contribution >= 0.6 is 0 Å². The van der Waals surface area contributed by atoms with Gasteiger partial charge in [0.05, 0.1) is 5.60 Å². The van der Waals surface area contributed by atoms with Crippen LogP contribution in [0.3, 0.4) is 0 Å².